The largest absolute Gasteiger partial charge is 0.444 e. The monoisotopic (exact) mass is 439 g/mol. The molecule has 1 aromatic carbocycles. The molecule has 1 aliphatic carbocycles. The third-order valence-corrected chi connectivity index (χ3v) is 6.23. The lowest BCUT2D eigenvalue weighted by atomic mass is 9.89. The van der Waals surface area contributed by atoms with Crippen LogP contribution >= 0.6 is 0 Å². The van der Waals surface area contributed by atoms with E-state index in [2.05, 4.69) is 15.2 Å². The van der Waals surface area contributed by atoms with Gasteiger partial charge in [0.05, 0.1) is 23.9 Å². The van der Waals surface area contributed by atoms with E-state index < -0.39 is 5.60 Å². The molecule has 1 saturated heterocycles. The number of ether oxygens (including phenoxy) is 1. The Morgan fingerprint density at radius 2 is 1.97 bits per heavy atom. The molecule has 1 N–H and O–H groups in total. The number of aliphatic hydroxyl groups is 1. The van der Waals surface area contributed by atoms with Crippen LogP contribution in [0.3, 0.4) is 0 Å². The van der Waals surface area contributed by atoms with E-state index in [-0.39, 0.29) is 24.2 Å². The molecule has 9 nitrogen and oxygen atoms in total. The number of aliphatic hydroxyl groups excluding tert-OH is 1. The number of benzene rings is 1. The summed E-state index contributed by atoms with van der Waals surface area (Å²) in [6.45, 7) is 6.83. The smallest absolute Gasteiger partial charge is 0.410 e. The molecule has 2 aliphatic rings. The van der Waals surface area contributed by atoms with Gasteiger partial charge in [0.2, 0.25) is 11.7 Å². The van der Waals surface area contributed by atoms with Gasteiger partial charge >= 0.3 is 6.09 Å². The van der Waals surface area contributed by atoms with Crippen LogP contribution in [-0.2, 0) is 4.74 Å². The summed E-state index contributed by atoms with van der Waals surface area (Å²) < 4.78 is 13.1. The van der Waals surface area contributed by atoms with Gasteiger partial charge < -0.3 is 19.3 Å². The number of likely N-dealkylation sites (tertiary alicyclic amines) is 1. The maximum Gasteiger partial charge on any atom is 0.410 e. The minimum atomic E-state index is -0.496. The van der Waals surface area contributed by atoms with E-state index in [4.69, 9.17) is 9.26 Å². The van der Waals surface area contributed by atoms with Crippen LogP contribution in [0.5, 0.6) is 0 Å². The summed E-state index contributed by atoms with van der Waals surface area (Å²) in [7, 11) is 0. The van der Waals surface area contributed by atoms with Crippen molar-refractivity contribution in [2.45, 2.75) is 70.1 Å². The number of carbonyl (C=O) groups excluding carboxylic acids is 1. The summed E-state index contributed by atoms with van der Waals surface area (Å²) in [6, 6.07) is 6.25. The van der Waals surface area contributed by atoms with Gasteiger partial charge in [-0.3, -0.25) is 4.68 Å². The average Bonchev–Trinajstić information content (AvgIpc) is 3.37. The number of hydrogen-bond donors (Lipinski definition) is 1. The van der Waals surface area contributed by atoms with Crippen molar-refractivity contribution in [3.05, 3.63) is 30.3 Å². The predicted molar refractivity (Wildman–Crippen MR) is 117 cm³/mol. The number of piperidine rings is 1. The third-order valence-electron chi connectivity index (χ3n) is 6.23. The maximum atomic E-state index is 12.3. The van der Waals surface area contributed by atoms with Crippen LogP contribution in [0.1, 0.15) is 64.3 Å². The van der Waals surface area contributed by atoms with Gasteiger partial charge in [-0.15, -0.1) is 0 Å². The Morgan fingerprint density at radius 1 is 1.22 bits per heavy atom. The first-order valence-electron chi connectivity index (χ1n) is 11.2. The molecule has 0 atom stereocenters. The highest BCUT2D eigenvalue weighted by atomic mass is 16.6. The quantitative estimate of drug-likeness (QED) is 0.660. The van der Waals surface area contributed by atoms with Gasteiger partial charge in [0, 0.05) is 30.0 Å². The maximum absolute atomic E-state index is 12.3. The first-order chi connectivity index (χ1) is 15.3. The number of aromatic nitrogens is 4. The molecule has 0 bridgehead atoms. The van der Waals surface area contributed by atoms with Gasteiger partial charge in [-0.25, -0.2) is 4.79 Å². The second-order valence-electron chi connectivity index (χ2n) is 9.84. The molecule has 2 fully saturated rings. The van der Waals surface area contributed by atoms with Gasteiger partial charge in [0.1, 0.15) is 5.60 Å². The van der Waals surface area contributed by atoms with Crippen molar-refractivity contribution >= 4 is 17.0 Å². The molecule has 0 radical (unpaired) electrons. The lowest BCUT2D eigenvalue weighted by molar-refractivity contribution is 0.0198. The number of nitrogens with zero attached hydrogens (tertiary/aromatic N) is 5. The highest BCUT2D eigenvalue weighted by Gasteiger charge is 2.31. The lowest BCUT2D eigenvalue weighted by Crippen LogP contribution is -2.41. The molecule has 1 saturated carbocycles. The molecular weight excluding hydrogens is 410 g/mol. The second kappa shape index (κ2) is 7.88. The highest BCUT2D eigenvalue weighted by molar-refractivity contribution is 5.83. The van der Waals surface area contributed by atoms with Gasteiger partial charge in [-0.2, -0.15) is 10.1 Å². The fourth-order valence-corrected chi connectivity index (χ4v) is 4.38. The normalized spacial score (nSPS) is 22.2. The van der Waals surface area contributed by atoms with E-state index in [0.717, 1.165) is 42.1 Å². The molecule has 3 aromatic rings. The van der Waals surface area contributed by atoms with Crippen molar-refractivity contribution in [1.82, 2.24) is 24.8 Å². The number of carbonyl (C=O) groups is 1. The highest BCUT2D eigenvalue weighted by Crippen LogP contribution is 2.35. The predicted octanol–water partition coefficient (Wildman–Crippen LogP) is 3.90. The molecule has 0 unspecified atom stereocenters. The molecule has 170 valence electrons. The molecule has 9 heteroatoms. The Hall–Kier alpha value is -2.94. The molecule has 2 aromatic heterocycles. The van der Waals surface area contributed by atoms with Gasteiger partial charge in [0.15, 0.2) is 0 Å². The van der Waals surface area contributed by atoms with Crippen molar-refractivity contribution in [3.8, 4) is 11.4 Å². The summed E-state index contributed by atoms with van der Waals surface area (Å²) in [5.41, 5.74) is 1.39. The van der Waals surface area contributed by atoms with E-state index in [9.17, 15) is 9.90 Å². The van der Waals surface area contributed by atoms with Crippen molar-refractivity contribution in [2.75, 3.05) is 13.1 Å². The van der Waals surface area contributed by atoms with Gasteiger partial charge in [-0.05, 0) is 52.5 Å². The number of fused-ring (bicyclic) bond motifs is 1. The average molecular weight is 440 g/mol. The summed E-state index contributed by atoms with van der Waals surface area (Å²) in [6.07, 6.45) is 4.33. The topological polar surface area (TPSA) is 107 Å². The fourth-order valence-electron chi connectivity index (χ4n) is 4.38. The summed E-state index contributed by atoms with van der Waals surface area (Å²) in [4.78, 5) is 18.7. The molecule has 1 aliphatic heterocycles. The van der Waals surface area contributed by atoms with Crippen molar-refractivity contribution in [3.63, 3.8) is 0 Å². The van der Waals surface area contributed by atoms with Crippen molar-refractivity contribution in [2.24, 2.45) is 0 Å². The van der Waals surface area contributed by atoms with E-state index in [0.29, 0.717) is 24.8 Å². The molecule has 32 heavy (non-hydrogen) atoms. The number of hydrogen-bond acceptors (Lipinski definition) is 7. The van der Waals surface area contributed by atoms with E-state index in [1.54, 1.807) is 4.90 Å². The Kier molecular flexibility index (Phi) is 5.16. The molecule has 5 rings (SSSR count). The van der Waals surface area contributed by atoms with Crippen LogP contribution in [-0.4, -0.2) is 60.8 Å². The molecule has 3 heterocycles. The first-order valence-corrected chi connectivity index (χ1v) is 11.2. The minimum absolute atomic E-state index is 0.126. The zero-order chi connectivity index (χ0) is 22.5. The third kappa shape index (κ3) is 4.09. The minimum Gasteiger partial charge on any atom is -0.444 e. The Morgan fingerprint density at radius 3 is 2.66 bits per heavy atom. The van der Waals surface area contributed by atoms with Crippen LogP contribution < -0.4 is 0 Å². The SMILES string of the molecule is CC(C)(C)OC(=O)N1CCC(c2nc(-c3ccc4cnn(C5CC(O)C5)c4c3)no2)CC1. The Labute approximate surface area is 186 Å². The van der Waals surface area contributed by atoms with E-state index in [1.807, 2.05) is 49.8 Å². The number of rotatable bonds is 3. The first kappa shape index (κ1) is 20.9. The molecule has 1 amide bonds. The molecular formula is C23H29N5O4. The molecule has 0 spiro atoms. The van der Waals surface area contributed by atoms with Crippen molar-refractivity contribution in [1.29, 1.82) is 0 Å². The van der Waals surface area contributed by atoms with Gasteiger partial charge in [0.25, 0.3) is 0 Å². The Bertz CT molecular complexity index is 1120. The second-order valence-corrected chi connectivity index (χ2v) is 9.84. The van der Waals surface area contributed by atoms with Crippen LogP contribution in [0.25, 0.3) is 22.3 Å². The lowest BCUT2D eigenvalue weighted by Gasteiger charge is -2.32. The van der Waals surface area contributed by atoms with Gasteiger partial charge in [-0.1, -0.05) is 17.3 Å². The van der Waals surface area contributed by atoms with E-state index >= 15 is 0 Å². The standard InChI is InChI=1S/C23H29N5O4/c1-23(2,3)31-22(30)27-8-6-14(7-9-27)21-25-20(26-32-21)15-4-5-16-13-24-28(19(16)10-15)17-11-18(29)12-17/h4-5,10,13-14,17-18,29H,6-9,11-12H2,1-3H3. The number of amides is 1. The van der Waals surface area contributed by atoms with Crippen LogP contribution in [0.2, 0.25) is 0 Å². The van der Waals surface area contributed by atoms with Crippen LogP contribution in [0.4, 0.5) is 4.79 Å². The van der Waals surface area contributed by atoms with Crippen LogP contribution in [0.15, 0.2) is 28.9 Å². The van der Waals surface area contributed by atoms with Crippen LogP contribution in [0, 0.1) is 0 Å². The summed E-state index contributed by atoms with van der Waals surface area (Å²) in [5.74, 6) is 1.29. The summed E-state index contributed by atoms with van der Waals surface area (Å²) >= 11 is 0. The van der Waals surface area contributed by atoms with Crippen molar-refractivity contribution < 1.29 is 19.2 Å². The van der Waals surface area contributed by atoms with E-state index in [1.165, 1.54) is 0 Å². The fraction of sp³-hybridized carbons (Fsp3) is 0.565. The zero-order valence-corrected chi connectivity index (χ0v) is 18.7. The summed E-state index contributed by atoms with van der Waals surface area (Å²) in [5, 5.41) is 19.4. The zero-order valence-electron chi connectivity index (χ0n) is 18.7. The Balaban J connectivity index is 1.28.